The Balaban J connectivity index is 1.83. The smallest absolute Gasteiger partial charge is 0.0453 e. The van der Waals surface area contributed by atoms with Crippen molar-refractivity contribution in [1.82, 2.24) is 0 Å². The predicted molar refractivity (Wildman–Crippen MR) is 89.8 cm³/mol. The van der Waals surface area contributed by atoms with Gasteiger partial charge < -0.3 is 4.90 Å². The van der Waals surface area contributed by atoms with Gasteiger partial charge in [0.05, 0.1) is 0 Å². The standard InChI is InChI=1S/C18H16NS/c1-2-4-15-12-17-13-18(19-7-9-20-10-8-19)6-5-16(17)11-14(15)3-1/h1-6,11-12H,7-10H2. The summed E-state index contributed by atoms with van der Waals surface area (Å²) in [5, 5.41) is 5.09. The van der Waals surface area contributed by atoms with Crippen LogP contribution in [-0.4, -0.2) is 24.6 Å². The Hall–Kier alpha value is -1.67. The van der Waals surface area contributed by atoms with Gasteiger partial charge in [0.2, 0.25) is 0 Å². The van der Waals surface area contributed by atoms with Gasteiger partial charge in [0, 0.05) is 36.3 Å². The first kappa shape index (κ1) is 12.1. The van der Waals surface area contributed by atoms with E-state index in [2.05, 4.69) is 59.5 Å². The van der Waals surface area contributed by atoms with Gasteiger partial charge >= 0.3 is 0 Å². The third-order valence-electron chi connectivity index (χ3n) is 3.95. The summed E-state index contributed by atoms with van der Waals surface area (Å²) in [7, 11) is 0. The number of nitrogens with zero attached hydrogens (tertiary/aromatic N) is 1. The molecule has 4 rings (SSSR count). The van der Waals surface area contributed by atoms with Crippen LogP contribution < -0.4 is 4.90 Å². The summed E-state index contributed by atoms with van der Waals surface area (Å²) in [4.78, 5) is 2.45. The maximum atomic E-state index is 3.61. The van der Waals surface area contributed by atoms with Crippen molar-refractivity contribution in [2.75, 3.05) is 29.5 Å². The van der Waals surface area contributed by atoms with Crippen molar-refractivity contribution >= 4 is 39.0 Å². The van der Waals surface area contributed by atoms with Crippen molar-refractivity contribution < 1.29 is 0 Å². The molecule has 1 nitrogen and oxygen atoms in total. The summed E-state index contributed by atoms with van der Waals surface area (Å²) in [6.07, 6.45) is 0. The lowest BCUT2D eigenvalue weighted by Crippen LogP contribution is -2.32. The van der Waals surface area contributed by atoms with Crippen LogP contribution in [0.1, 0.15) is 0 Å². The highest BCUT2D eigenvalue weighted by atomic mass is 32.2. The van der Waals surface area contributed by atoms with Gasteiger partial charge in [-0.1, -0.05) is 30.3 Å². The van der Waals surface area contributed by atoms with Gasteiger partial charge in [-0.15, -0.1) is 0 Å². The van der Waals surface area contributed by atoms with E-state index < -0.39 is 0 Å². The largest absolute Gasteiger partial charge is 0.369 e. The van der Waals surface area contributed by atoms with Crippen LogP contribution in [0.5, 0.6) is 0 Å². The number of hydrogen-bond acceptors (Lipinski definition) is 2. The number of benzene rings is 3. The number of fused-ring (bicyclic) bond motifs is 2. The molecule has 1 fully saturated rings. The van der Waals surface area contributed by atoms with E-state index in [0.29, 0.717) is 0 Å². The Kier molecular flexibility index (Phi) is 3.04. The average Bonchev–Trinajstić information content (AvgIpc) is 2.53. The number of thioether (sulfide) groups is 1. The van der Waals surface area contributed by atoms with E-state index in [1.807, 2.05) is 11.8 Å². The summed E-state index contributed by atoms with van der Waals surface area (Å²) >= 11 is 2.04. The molecule has 1 saturated heterocycles. The summed E-state index contributed by atoms with van der Waals surface area (Å²) in [5.41, 5.74) is 1.24. The molecule has 0 bridgehead atoms. The summed E-state index contributed by atoms with van der Waals surface area (Å²) in [6, 6.07) is 21.1. The Bertz CT molecular complexity index is 760. The van der Waals surface area contributed by atoms with Crippen molar-refractivity contribution in [3.8, 4) is 0 Å². The molecule has 0 unspecified atom stereocenters. The van der Waals surface area contributed by atoms with Gasteiger partial charge in [-0.25, -0.2) is 0 Å². The fourth-order valence-electron chi connectivity index (χ4n) is 2.84. The molecule has 99 valence electrons. The molecule has 1 radical (unpaired) electrons. The normalized spacial score (nSPS) is 15.9. The quantitative estimate of drug-likeness (QED) is 0.609. The Morgan fingerprint density at radius 1 is 0.850 bits per heavy atom. The summed E-state index contributed by atoms with van der Waals surface area (Å²) in [6.45, 7) is 2.28. The van der Waals surface area contributed by atoms with Crippen molar-refractivity contribution in [3.63, 3.8) is 0 Å². The van der Waals surface area contributed by atoms with Crippen LogP contribution in [0.4, 0.5) is 5.69 Å². The lowest BCUT2D eigenvalue weighted by atomic mass is 10.0. The lowest BCUT2D eigenvalue weighted by molar-refractivity contribution is 0.859. The van der Waals surface area contributed by atoms with E-state index in [1.54, 1.807) is 0 Å². The van der Waals surface area contributed by atoms with E-state index in [0.717, 1.165) is 13.1 Å². The molecule has 1 heterocycles. The number of rotatable bonds is 1. The van der Waals surface area contributed by atoms with E-state index in [9.17, 15) is 0 Å². The Morgan fingerprint density at radius 3 is 2.40 bits per heavy atom. The van der Waals surface area contributed by atoms with Crippen LogP contribution in [0.25, 0.3) is 21.5 Å². The second kappa shape index (κ2) is 5.02. The van der Waals surface area contributed by atoms with E-state index in [-0.39, 0.29) is 0 Å². The molecule has 3 aromatic carbocycles. The van der Waals surface area contributed by atoms with Gasteiger partial charge in [-0.2, -0.15) is 11.8 Å². The van der Waals surface area contributed by atoms with Crippen LogP contribution in [-0.2, 0) is 0 Å². The zero-order valence-electron chi connectivity index (χ0n) is 11.3. The molecule has 2 heteroatoms. The first-order valence-electron chi connectivity index (χ1n) is 7.08. The summed E-state index contributed by atoms with van der Waals surface area (Å²) < 4.78 is 0. The van der Waals surface area contributed by atoms with Gasteiger partial charge in [0.25, 0.3) is 0 Å². The third kappa shape index (κ3) is 2.14. The topological polar surface area (TPSA) is 3.24 Å². The fraction of sp³-hybridized carbons (Fsp3) is 0.222. The van der Waals surface area contributed by atoms with Crippen LogP contribution in [0.3, 0.4) is 0 Å². The van der Waals surface area contributed by atoms with E-state index in [1.165, 1.54) is 38.7 Å². The molecule has 1 aliphatic rings. The Labute approximate surface area is 123 Å². The summed E-state index contributed by atoms with van der Waals surface area (Å²) in [5.74, 6) is 2.45. The van der Waals surface area contributed by atoms with Crippen LogP contribution in [0.15, 0.2) is 48.5 Å². The molecular formula is C18H16NS. The van der Waals surface area contributed by atoms with Crippen LogP contribution >= 0.6 is 11.8 Å². The van der Waals surface area contributed by atoms with E-state index in [4.69, 9.17) is 0 Å². The molecular weight excluding hydrogens is 262 g/mol. The third-order valence-corrected chi connectivity index (χ3v) is 4.90. The van der Waals surface area contributed by atoms with Crippen molar-refractivity contribution in [1.29, 1.82) is 0 Å². The highest BCUT2D eigenvalue weighted by Gasteiger charge is 2.11. The predicted octanol–water partition coefficient (Wildman–Crippen LogP) is 4.35. The Morgan fingerprint density at radius 2 is 1.60 bits per heavy atom. The highest BCUT2D eigenvalue weighted by molar-refractivity contribution is 7.99. The molecule has 0 atom stereocenters. The molecule has 20 heavy (non-hydrogen) atoms. The molecule has 0 spiro atoms. The molecule has 0 N–H and O–H groups in total. The van der Waals surface area contributed by atoms with Crippen molar-refractivity contribution in [3.05, 3.63) is 54.6 Å². The zero-order chi connectivity index (χ0) is 13.4. The van der Waals surface area contributed by atoms with Crippen LogP contribution in [0.2, 0.25) is 0 Å². The second-order valence-corrected chi connectivity index (χ2v) is 6.45. The average molecular weight is 278 g/mol. The maximum Gasteiger partial charge on any atom is 0.0453 e. The molecule has 1 aliphatic heterocycles. The van der Waals surface area contributed by atoms with Crippen molar-refractivity contribution in [2.45, 2.75) is 0 Å². The number of anilines is 1. The van der Waals surface area contributed by atoms with Crippen LogP contribution in [0, 0.1) is 6.07 Å². The number of hydrogen-bond donors (Lipinski definition) is 0. The monoisotopic (exact) mass is 278 g/mol. The van der Waals surface area contributed by atoms with E-state index >= 15 is 0 Å². The van der Waals surface area contributed by atoms with Gasteiger partial charge in [-0.3, -0.25) is 0 Å². The first-order chi connectivity index (χ1) is 9.90. The molecule has 0 aromatic heterocycles. The molecule has 0 saturated carbocycles. The lowest BCUT2D eigenvalue weighted by Gasteiger charge is -2.28. The van der Waals surface area contributed by atoms with Crippen molar-refractivity contribution in [2.24, 2.45) is 0 Å². The molecule has 3 aromatic rings. The van der Waals surface area contributed by atoms with Gasteiger partial charge in [0.1, 0.15) is 0 Å². The second-order valence-electron chi connectivity index (χ2n) is 5.23. The van der Waals surface area contributed by atoms with Gasteiger partial charge in [-0.05, 0) is 39.7 Å². The maximum absolute atomic E-state index is 3.61. The zero-order valence-corrected chi connectivity index (χ0v) is 12.1. The first-order valence-corrected chi connectivity index (χ1v) is 8.23. The fourth-order valence-corrected chi connectivity index (χ4v) is 3.74. The minimum absolute atomic E-state index is 1.14. The highest BCUT2D eigenvalue weighted by Crippen LogP contribution is 2.27. The van der Waals surface area contributed by atoms with Gasteiger partial charge in [0.15, 0.2) is 0 Å². The molecule has 0 amide bonds. The minimum atomic E-state index is 1.14. The molecule has 0 aliphatic carbocycles. The SMILES string of the molecule is [c]1c(N2CCSCC2)ccc2cc3ccccc3cc12. The minimum Gasteiger partial charge on any atom is -0.369 e.